The summed E-state index contributed by atoms with van der Waals surface area (Å²) in [4.78, 5) is 6.83. The molecule has 2 nitrogen and oxygen atoms in total. The van der Waals surface area contributed by atoms with E-state index in [1.165, 1.54) is 6.07 Å². The van der Waals surface area contributed by atoms with Crippen LogP contribution in [-0.2, 0) is 6.18 Å². The molecule has 3 rings (SSSR count). The lowest BCUT2D eigenvalue weighted by Gasteiger charge is -2.05. The summed E-state index contributed by atoms with van der Waals surface area (Å²) in [7, 11) is 0. The van der Waals surface area contributed by atoms with Gasteiger partial charge in [0.05, 0.1) is 16.3 Å². The average molecular weight is 297 g/mol. The molecule has 1 N–H and O–H groups in total. The predicted octanol–water partition coefficient (Wildman–Crippen LogP) is 4.90. The Morgan fingerprint density at radius 2 is 1.75 bits per heavy atom. The van der Waals surface area contributed by atoms with Crippen LogP contribution in [0.15, 0.2) is 42.7 Å². The van der Waals surface area contributed by atoms with E-state index in [9.17, 15) is 13.2 Å². The highest BCUT2D eigenvalue weighted by Crippen LogP contribution is 2.37. The largest absolute Gasteiger partial charge is 0.416 e. The van der Waals surface area contributed by atoms with Gasteiger partial charge in [0.1, 0.15) is 0 Å². The smallest absolute Gasteiger partial charge is 0.353 e. The number of benzene rings is 1. The number of halogens is 4. The molecule has 20 heavy (non-hydrogen) atoms. The maximum absolute atomic E-state index is 12.7. The van der Waals surface area contributed by atoms with E-state index >= 15 is 0 Å². The molecule has 0 aliphatic rings. The van der Waals surface area contributed by atoms with E-state index in [1.54, 1.807) is 24.5 Å². The lowest BCUT2D eigenvalue weighted by Crippen LogP contribution is -2.03. The van der Waals surface area contributed by atoms with Gasteiger partial charge in [-0.25, -0.2) is 0 Å². The van der Waals surface area contributed by atoms with Crippen LogP contribution in [0.25, 0.3) is 22.2 Å². The Kier molecular flexibility index (Phi) is 2.94. The Morgan fingerprint density at radius 1 is 1.05 bits per heavy atom. The topological polar surface area (TPSA) is 28.7 Å². The monoisotopic (exact) mass is 296 g/mol. The molecule has 1 aromatic carbocycles. The highest BCUT2D eigenvalue weighted by Gasteiger charge is 2.30. The van der Waals surface area contributed by atoms with Gasteiger partial charge in [-0.1, -0.05) is 17.7 Å². The summed E-state index contributed by atoms with van der Waals surface area (Å²) in [5.74, 6) is 0. The van der Waals surface area contributed by atoms with E-state index in [1.807, 2.05) is 0 Å². The molecule has 6 heteroatoms. The number of nitrogens with zero attached hydrogens (tertiary/aromatic N) is 1. The van der Waals surface area contributed by atoms with Crippen LogP contribution in [0.2, 0.25) is 5.02 Å². The first kappa shape index (κ1) is 13.0. The SMILES string of the molecule is FC(F)(F)c1ccc2c(Cl)c(-c3ccncc3)[nH]c2c1. The highest BCUT2D eigenvalue weighted by molar-refractivity contribution is 6.38. The summed E-state index contributed by atoms with van der Waals surface area (Å²) >= 11 is 6.23. The van der Waals surface area contributed by atoms with Crippen molar-refractivity contribution in [3.8, 4) is 11.3 Å². The van der Waals surface area contributed by atoms with Gasteiger partial charge in [0.15, 0.2) is 0 Å². The quantitative estimate of drug-likeness (QED) is 0.679. The molecule has 0 fully saturated rings. The van der Waals surface area contributed by atoms with Crippen LogP contribution in [0.3, 0.4) is 0 Å². The molecule has 0 radical (unpaired) electrons. The number of H-pyrrole nitrogens is 1. The molecular weight excluding hydrogens is 289 g/mol. The van der Waals surface area contributed by atoms with E-state index in [2.05, 4.69) is 9.97 Å². The predicted molar refractivity (Wildman–Crippen MR) is 71.5 cm³/mol. The van der Waals surface area contributed by atoms with Crippen molar-refractivity contribution in [2.24, 2.45) is 0 Å². The zero-order valence-electron chi connectivity index (χ0n) is 10.0. The maximum atomic E-state index is 12.7. The number of alkyl halides is 3. The van der Waals surface area contributed by atoms with Gasteiger partial charge in [-0.2, -0.15) is 13.2 Å². The minimum atomic E-state index is -4.37. The normalized spacial score (nSPS) is 12.0. The lowest BCUT2D eigenvalue weighted by molar-refractivity contribution is -0.137. The number of aromatic amines is 1. The van der Waals surface area contributed by atoms with E-state index < -0.39 is 11.7 Å². The van der Waals surface area contributed by atoms with E-state index in [0.29, 0.717) is 21.6 Å². The van der Waals surface area contributed by atoms with Crippen LogP contribution in [-0.4, -0.2) is 9.97 Å². The maximum Gasteiger partial charge on any atom is 0.416 e. The van der Waals surface area contributed by atoms with Crippen LogP contribution in [0.4, 0.5) is 13.2 Å². The molecule has 2 aromatic heterocycles. The van der Waals surface area contributed by atoms with Crippen LogP contribution in [0.5, 0.6) is 0 Å². The third-order valence-corrected chi connectivity index (χ3v) is 3.42. The minimum absolute atomic E-state index is 0.358. The molecule has 0 saturated carbocycles. The summed E-state index contributed by atoms with van der Waals surface area (Å²) in [6.45, 7) is 0. The zero-order valence-corrected chi connectivity index (χ0v) is 10.8. The van der Waals surface area contributed by atoms with Gasteiger partial charge in [-0.15, -0.1) is 0 Å². The Labute approximate surface area is 117 Å². The molecule has 2 heterocycles. The first-order valence-electron chi connectivity index (χ1n) is 5.75. The summed E-state index contributed by atoms with van der Waals surface area (Å²) < 4.78 is 38.1. The van der Waals surface area contributed by atoms with Crippen molar-refractivity contribution in [2.45, 2.75) is 6.18 Å². The third kappa shape index (κ3) is 2.14. The van der Waals surface area contributed by atoms with Crippen molar-refractivity contribution in [3.63, 3.8) is 0 Å². The summed E-state index contributed by atoms with van der Waals surface area (Å²) in [5, 5.41) is 0.964. The van der Waals surface area contributed by atoms with Crippen molar-refractivity contribution < 1.29 is 13.2 Å². The van der Waals surface area contributed by atoms with Crippen molar-refractivity contribution in [1.82, 2.24) is 9.97 Å². The molecule has 0 aliphatic carbocycles. The van der Waals surface area contributed by atoms with Gasteiger partial charge in [-0.05, 0) is 24.3 Å². The van der Waals surface area contributed by atoms with Crippen LogP contribution >= 0.6 is 11.6 Å². The van der Waals surface area contributed by atoms with Gasteiger partial charge in [0.25, 0.3) is 0 Å². The zero-order chi connectivity index (χ0) is 14.3. The molecule has 0 amide bonds. The number of hydrogen-bond acceptors (Lipinski definition) is 1. The van der Waals surface area contributed by atoms with Crippen molar-refractivity contribution in [2.75, 3.05) is 0 Å². The first-order valence-corrected chi connectivity index (χ1v) is 6.13. The Bertz CT molecular complexity index is 763. The highest BCUT2D eigenvalue weighted by atomic mass is 35.5. The fourth-order valence-electron chi connectivity index (χ4n) is 2.06. The standard InChI is InChI=1S/C14H8ClF3N2/c15-12-10-2-1-9(14(16,17)18)7-11(10)20-13(12)8-3-5-19-6-4-8/h1-7,20H. The third-order valence-electron chi connectivity index (χ3n) is 3.03. The van der Waals surface area contributed by atoms with Crippen LogP contribution in [0.1, 0.15) is 5.56 Å². The minimum Gasteiger partial charge on any atom is -0.353 e. The number of fused-ring (bicyclic) bond motifs is 1. The molecule has 0 saturated heterocycles. The van der Waals surface area contributed by atoms with Gasteiger partial charge >= 0.3 is 6.18 Å². The molecule has 0 bridgehead atoms. The number of aromatic nitrogens is 2. The molecule has 0 spiro atoms. The summed E-state index contributed by atoms with van der Waals surface area (Å²) in [5.41, 5.74) is 1.01. The number of nitrogens with one attached hydrogen (secondary N) is 1. The van der Waals surface area contributed by atoms with Gasteiger partial charge in [0.2, 0.25) is 0 Å². The number of rotatable bonds is 1. The first-order chi connectivity index (χ1) is 9.47. The van der Waals surface area contributed by atoms with Crippen molar-refractivity contribution in [3.05, 3.63) is 53.3 Å². The molecular formula is C14H8ClF3N2. The van der Waals surface area contributed by atoms with E-state index in [0.717, 1.165) is 17.7 Å². The Balaban J connectivity index is 2.20. The molecule has 0 unspecified atom stereocenters. The second-order valence-corrected chi connectivity index (χ2v) is 4.69. The Hall–Kier alpha value is -2.01. The van der Waals surface area contributed by atoms with E-state index in [4.69, 9.17) is 11.6 Å². The fourth-order valence-corrected chi connectivity index (χ4v) is 2.38. The van der Waals surface area contributed by atoms with Gasteiger partial charge in [-0.3, -0.25) is 4.98 Å². The summed E-state index contributed by atoms with van der Waals surface area (Å²) in [6.07, 6.45) is -1.18. The van der Waals surface area contributed by atoms with Crippen LogP contribution < -0.4 is 0 Å². The number of hydrogen-bond donors (Lipinski definition) is 1. The molecule has 0 aliphatic heterocycles. The summed E-state index contributed by atoms with van der Waals surface area (Å²) in [6, 6.07) is 6.94. The van der Waals surface area contributed by atoms with Gasteiger partial charge < -0.3 is 4.98 Å². The average Bonchev–Trinajstić information content (AvgIpc) is 2.76. The number of pyridine rings is 1. The lowest BCUT2D eigenvalue weighted by atomic mass is 10.1. The second-order valence-electron chi connectivity index (χ2n) is 4.31. The second kappa shape index (κ2) is 4.52. The Morgan fingerprint density at radius 3 is 2.40 bits per heavy atom. The van der Waals surface area contributed by atoms with E-state index in [-0.39, 0.29) is 0 Å². The fraction of sp³-hybridized carbons (Fsp3) is 0.0714. The molecule has 0 atom stereocenters. The van der Waals surface area contributed by atoms with Crippen LogP contribution in [0, 0.1) is 0 Å². The van der Waals surface area contributed by atoms with Crippen molar-refractivity contribution >= 4 is 22.5 Å². The van der Waals surface area contributed by atoms with Crippen molar-refractivity contribution in [1.29, 1.82) is 0 Å². The van der Waals surface area contributed by atoms with Gasteiger partial charge in [0, 0.05) is 28.9 Å². The molecule has 3 aromatic rings. The molecule has 102 valence electrons.